The molecule has 1 aromatic carbocycles. The maximum atomic E-state index is 12.5. The number of benzene rings is 1. The van der Waals surface area contributed by atoms with Gasteiger partial charge in [0.2, 0.25) is 0 Å². The van der Waals surface area contributed by atoms with Gasteiger partial charge in [-0.15, -0.1) is 0 Å². The lowest BCUT2D eigenvalue weighted by molar-refractivity contribution is -0.892. The van der Waals surface area contributed by atoms with Crippen LogP contribution in [-0.4, -0.2) is 61.5 Å². The van der Waals surface area contributed by atoms with E-state index in [1.165, 1.54) is 11.3 Å². The van der Waals surface area contributed by atoms with Gasteiger partial charge in [-0.1, -0.05) is 6.92 Å². The molecule has 136 valence electrons. The highest BCUT2D eigenvalue weighted by Crippen LogP contribution is 2.19. The smallest absolute Gasteiger partial charge is 0.277 e. The van der Waals surface area contributed by atoms with Crippen molar-refractivity contribution in [3.63, 3.8) is 0 Å². The zero-order valence-corrected chi connectivity index (χ0v) is 14.8. The van der Waals surface area contributed by atoms with Crippen LogP contribution in [0.5, 0.6) is 0 Å². The standard InChI is InChI=1S/C18H26N4O3/c1-15-3-2-8-21(13-15)18(23)14-19-9-11-20(12-10-19)16-4-6-17(7-5-16)22(24)25/h4-7,15H,2-3,8-14H2,1H3/p+1/t15-/m1/s1. The minimum absolute atomic E-state index is 0.120. The van der Waals surface area contributed by atoms with E-state index in [0.717, 1.165) is 51.4 Å². The number of hydrogen-bond donors (Lipinski definition) is 1. The van der Waals surface area contributed by atoms with Crippen LogP contribution in [-0.2, 0) is 4.79 Å². The van der Waals surface area contributed by atoms with Crippen LogP contribution in [0.15, 0.2) is 24.3 Å². The van der Waals surface area contributed by atoms with Crippen LogP contribution in [0.4, 0.5) is 11.4 Å². The van der Waals surface area contributed by atoms with Gasteiger partial charge in [0.15, 0.2) is 6.54 Å². The van der Waals surface area contributed by atoms with Crippen molar-refractivity contribution in [1.82, 2.24) is 4.90 Å². The lowest BCUT2D eigenvalue weighted by Gasteiger charge is -2.35. The van der Waals surface area contributed by atoms with E-state index in [0.29, 0.717) is 12.5 Å². The number of nitro benzene ring substituents is 1. The van der Waals surface area contributed by atoms with Crippen molar-refractivity contribution in [3.05, 3.63) is 34.4 Å². The van der Waals surface area contributed by atoms with Gasteiger partial charge < -0.3 is 14.7 Å². The summed E-state index contributed by atoms with van der Waals surface area (Å²) in [6.45, 7) is 8.20. The van der Waals surface area contributed by atoms with Crippen LogP contribution in [0.3, 0.4) is 0 Å². The molecule has 0 aromatic heterocycles. The molecule has 1 amide bonds. The van der Waals surface area contributed by atoms with Gasteiger partial charge in [0, 0.05) is 30.9 Å². The summed E-state index contributed by atoms with van der Waals surface area (Å²) in [7, 11) is 0. The van der Waals surface area contributed by atoms with E-state index in [9.17, 15) is 14.9 Å². The Morgan fingerprint density at radius 2 is 1.92 bits per heavy atom. The van der Waals surface area contributed by atoms with Crippen LogP contribution in [0.25, 0.3) is 0 Å². The highest BCUT2D eigenvalue weighted by molar-refractivity contribution is 5.77. The van der Waals surface area contributed by atoms with Crippen LogP contribution in [0.1, 0.15) is 19.8 Å². The van der Waals surface area contributed by atoms with Crippen molar-refractivity contribution in [3.8, 4) is 0 Å². The predicted molar refractivity (Wildman–Crippen MR) is 95.9 cm³/mol. The molecule has 0 spiro atoms. The average Bonchev–Trinajstić information content (AvgIpc) is 2.62. The van der Waals surface area contributed by atoms with Gasteiger partial charge in [-0.05, 0) is 30.9 Å². The Balaban J connectivity index is 1.48. The maximum absolute atomic E-state index is 12.5. The second kappa shape index (κ2) is 7.82. The number of likely N-dealkylation sites (tertiary alicyclic amines) is 1. The number of quaternary nitrogens is 1. The number of nitro groups is 1. The molecule has 2 saturated heterocycles. The lowest BCUT2D eigenvalue weighted by Crippen LogP contribution is -3.16. The third kappa shape index (κ3) is 4.48. The Hall–Kier alpha value is -2.15. The van der Waals surface area contributed by atoms with Gasteiger partial charge in [-0.25, -0.2) is 0 Å². The van der Waals surface area contributed by atoms with Crippen LogP contribution < -0.4 is 9.80 Å². The van der Waals surface area contributed by atoms with E-state index in [1.807, 2.05) is 17.0 Å². The van der Waals surface area contributed by atoms with Gasteiger partial charge in [0.25, 0.3) is 11.6 Å². The number of rotatable bonds is 4. The molecule has 0 bridgehead atoms. The number of nitrogens with one attached hydrogen (secondary N) is 1. The average molecular weight is 347 g/mol. The second-order valence-corrected chi connectivity index (χ2v) is 7.27. The number of hydrogen-bond acceptors (Lipinski definition) is 4. The number of anilines is 1. The fraction of sp³-hybridized carbons (Fsp3) is 0.611. The molecule has 7 heteroatoms. The lowest BCUT2D eigenvalue weighted by atomic mass is 10.0. The normalized spacial score (nSPS) is 22.0. The highest BCUT2D eigenvalue weighted by atomic mass is 16.6. The Morgan fingerprint density at radius 3 is 2.52 bits per heavy atom. The summed E-state index contributed by atoms with van der Waals surface area (Å²) in [6.07, 6.45) is 2.35. The molecule has 1 N–H and O–H groups in total. The van der Waals surface area contributed by atoms with E-state index in [2.05, 4.69) is 11.8 Å². The minimum atomic E-state index is -0.376. The first kappa shape index (κ1) is 17.7. The second-order valence-electron chi connectivity index (χ2n) is 7.27. The van der Waals surface area contributed by atoms with Crippen LogP contribution in [0.2, 0.25) is 0 Å². The first-order chi connectivity index (χ1) is 12.0. The van der Waals surface area contributed by atoms with Crippen molar-refractivity contribution < 1.29 is 14.6 Å². The minimum Gasteiger partial charge on any atom is -0.360 e. The molecule has 1 aromatic rings. The first-order valence-electron chi connectivity index (χ1n) is 9.13. The number of amides is 1. The van der Waals surface area contributed by atoms with Crippen molar-refractivity contribution in [2.24, 2.45) is 5.92 Å². The van der Waals surface area contributed by atoms with E-state index in [1.54, 1.807) is 12.1 Å². The molecule has 1 atom stereocenters. The van der Waals surface area contributed by atoms with E-state index in [-0.39, 0.29) is 16.5 Å². The monoisotopic (exact) mass is 347 g/mol. The number of non-ortho nitro benzene ring substituents is 1. The van der Waals surface area contributed by atoms with Crippen molar-refractivity contribution in [2.75, 3.05) is 50.7 Å². The fourth-order valence-corrected chi connectivity index (χ4v) is 3.78. The Kier molecular flexibility index (Phi) is 5.53. The summed E-state index contributed by atoms with van der Waals surface area (Å²) < 4.78 is 0. The van der Waals surface area contributed by atoms with Crippen molar-refractivity contribution in [1.29, 1.82) is 0 Å². The van der Waals surface area contributed by atoms with Gasteiger partial charge in [0.1, 0.15) is 0 Å². The number of carbonyl (C=O) groups is 1. The van der Waals surface area contributed by atoms with Gasteiger partial charge >= 0.3 is 0 Å². The predicted octanol–water partition coefficient (Wildman–Crippen LogP) is 0.558. The Labute approximate surface area is 148 Å². The summed E-state index contributed by atoms with van der Waals surface area (Å²) in [5.41, 5.74) is 1.13. The molecule has 0 saturated carbocycles. The SMILES string of the molecule is C[C@@H]1CCCN(C(=O)C[NH+]2CCN(c3ccc([N+](=O)[O-])cc3)CC2)C1. The van der Waals surface area contributed by atoms with Crippen LogP contribution in [0, 0.1) is 16.0 Å². The Bertz CT molecular complexity index is 611. The number of carbonyl (C=O) groups excluding carboxylic acids is 1. The summed E-state index contributed by atoms with van der Waals surface area (Å²) in [5, 5.41) is 10.7. The zero-order valence-electron chi connectivity index (χ0n) is 14.8. The molecule has 25 heavy (non-hydrogen) atoms. The highest BCUT2D eigenvalue weighted by Gasteiger charge is 2.27. The summed E-state index contributed by atoms with van der Waals surface area (Å²) in [6, 6.07) is 6.72. The molecule has 3 rings (SSSR count). The van der Waals surface area contributed by atoms with Gasteiger partial charge in [0.05, 0.1) is 31.1 Å². The largest absolute Gasteiger partial charge is 0.360 e. The molecule has 2 aliphatic heterocycles. The molecule has 2 fully saturated rings. The molecule has 2 aliphatic rings. The van der Waals surface area contributed by atoms with Crippen molar-refractivity contribution in [2.45, 2.75) is 19.8 Å². The maximum Gasteiger partial charge on any atom is 0.277 e. The molecule has 0 radical (unpaired) electrons. The number of piperidine rings is 1. The zero-order chi connectivity index (χ0) is 17.8. The number of piperazine rings is 1. The van der Waals surface area contributed by atoms with Gasteiger partial charge in [-0.3, -0.25) is 14.9 Å². The summed E-state index contributed by atoms with van der Waals surface area (Å²) in [5.74, 6) is 0.900. The summed E-state index contributed by atoms with van der Waals surface area (Å²) >= 11 is 0. The van der Waals surface area contributed by atoms with E-state index in [4.69, 9.17) is 0 Å². The summed E-state index contributed by atoms with van der Waals surface area (Å²) in [4.78, 5) is 28.5. The van der Waals surface area contributed by atoms with E-state index >= 15 is 0 Å². The topological polar surface area (TPSA) is 71.1 Å². The Morgan fingerprint density at radius 1 is 1.24 bits per heavy atom. The van der Waals surface area contributed by atoms with Crippen molar-refractivity contribution >= 4 is 17.3 Å². The molecule has 0 unspecified atom stereocenters. The number of nitrogens with zero attached hydrogens (tertiary/aromatic N) is 3. The van der Waals surface area contributed by atoms with Gasteiger partial charge in [-0.2, -0.15) is 0 Å². The quantitative estimate of drug-likeness (QED) is 0.638. The molecular weight excluding hydrogens is 320 g/mol. The molecular formula is C18H27N4O3+. The van der Waals surface area contributed by atoms with E-state index < -0.39 is 0 Å². The fourth-order valence-electron chi connectivity index (χ4n) is 3.78. The third-order valence-corrected chi connectivity index (χ3v) is 5.31. The van der Waals surface area contributed by atoms with Crippen LogP contribution >= 0.6 is 0 Å². The molecule has 0 aliphatic carbocycles. The molecule has 2 heterocycles. The first-order valence-corrected chi connectivity index (χ1v) is 9.13. The molecule has 7 nitrogen and oxygen atoms in total. The third-order valence-electron chi connectivity index (χ3n) is 5.31.